The molecule has 28 heavy (non-hydrogen) atoms. The summed E-state index contributed by atoms with van der Waals surface area (Å²) in [6.07, 6.45) is 10.6. The molecule has 0 aromatic rings. The lowest BCUT2D eigenvalue weighted by molar-refractivity contribution is -0.355. The van der Waals surface area contributed by atoms with Crippen molar-refractivity contribution >= 4 is 11.9 Å². The summed E-state index contributed by atoms with van der Waals surface area (Å²) in [5.74, 6) is -1.92. The molecule has 0 radical (unpaired) electrons. The van der Waals surface area contributed by atoms with Crippen LogP contribution in [0.2, 0.25) is 0 Å². The second-order valence-electron chi connectivity index (χ2n) is 8.24. The molecule has 0 N–H and O–H groups in total. The molecule has 3 fully saturated rings. The zero-order valence-electron chi connectivity index (χ0n) is 17.3. The third-order valence-corrected chi connectivity index (χ3v) is 6.71. The Labute approximate surface area is 167 Å². The van der Waals surface area contributed by atoms with E-state index in [4.69, 9.17) is 23.7 Å². The number of cyclic esters (lactones) is 2. The largest absolute Gasteiger partial charge is 0.393 e. The Bertz CT molecular complexity index is 537. The lowest BCUT2D eigenvalue weighted by Crippen LogP contribution is -2.35. The van der Waals surface area contributed by atoms with Crippen LogP contribution in [-0.2, 0) is 33.3 Å². The van der Waals surface area contributed by atoms with Crippen molar-refractivity contribution in [3.63, 3.8) is 0 Å². The van der Waals surface area contributed by atoms with Crippen LogP contribution in [0.5, 0.6) is 0 Å². The minimum atomic E-state index is -0.905. The van der Waals surface area contributed by atoms with E-state index in [1.807, 2.05) is 0 Å². The van der Waals surface area contributed by atoms with Gasteiger partial charge in [0.05, 0.1) is 24.0 Å². The van der Waals surface area contributed by atoms with Gasteiger partial charge in [0.15, 0.2) is 0 Å². The van der Waals surface area contributed by atoms with E-state index < -0.39 is 5.97 Å². The molecule has 0 aliphatic carbocycles. The molecule has 5 atom stereocenters. The van der Waals surface area contributed by atoms with E-state index in [2.05, 4.69) is 0 Å². The van der Waals surface area contributed by atoms with Gasteiger partial charge in [-0.15, -0.1) is 0 Å². The second-order valence-corrected chi connectivity index (χ2v) is 8.24. The predicted octanol–water partition coefficient (Wildman–Crippen LogP) is 3.19. The van der Waals surface area contributed by atoms with Crippen LogP contribution in [0, 0.1) is 17.8 Å². The van der Waals surface area contributed by atoms with E-state index in [-0.39, 0.29) is 36.0 Å². The highest BCUT2D eigenvalue weighted by molar-refractivity contribution is 5.98. The zero-order chi connectivity index (χ0) is 20.1. The quantitative estimate of drug-likeness (QED) is 0.204. The predicted molar refractivity (Wildman–Crippen MR) is 100 cm³/mol. The molecule has 3 saturated heterocycles. The monoisotopic (exact) mass is 398 g/mol. The van der Waals surface area contributed by atoms with Crippen molar-refractivity contribution in [2.75, 3.05) is 21.3 Å². The molecule has 0 aromatic carbocycles. The molecule has 3 heterocycles. The Morgan fingerprint density at radius 2 is 1.43 bits per heavy atom. The summed E-state index contributed by atoms with van der Waals surface area (Å²) in [7, 11) is 4.80. The first-order valence-corrected chi connectivity index (χ1v) is 10.6. The number of carbonyl (C=O) groups is 2. The Morgan fingerprint density at radius 3 is 2.07 bits per heavy atom. The molecule has 0 amide bonds. The van der Waals surface area contributed by atoms with Crippen molar-refractivity contribution in [2.24, 2.45) is 17.8 Å². The average molecular weight is 398 g/mol. The first kappa shape index (κ1) is 21.7. The van der Waals surface area contributed by atoms with Crippen molar-refractivity contribution in [1.82, 2.24) is 0 Å². The molecule has 7 nitrogen and oxygen atoms in total. The van der Waals surface area contributed by atoms with E-state index in [0.29, 0.717) is 5.92 Å². The van der Waals surface area contributed by atoms with Crippen LogP contribution < -0.4 is 0 Å². The summed E-state index contributed by atoms with van der Waals surface area (Å²) in [6, 6.07) is 0. The minimum Gasteiger partial charge on any atom is -0.393 e. The van der Waals surface area contributed by atoms with E-state index in [1.54, 1.807) is 21.3 Å². The minimum absolute atomic E-state index is 0.0997. The van der Waals surface area contributed by atoms with Crippen molar-refractivity contribution < 1.29 is 33.3 Å². The number of methoxy groups -OCH3 is 3. The van der Waals surface area contributed by atoms with Gasteiger partial charge in [0, 0.05) is 27.8 Å². The molecule has 7 heteroatoms. The maximum Gasteiger partial charge on any atom is 0.320 e. The number of unbranched alkanes of at least 4 members (excludes halogenated alkanes) is 6. The Hall–Kier alpha value is -1.02. The number of carbonyl (C=O) groups excluding carboxylic acids is 2. The molecule has 0 spiro atoms. The van der Waals surface area contributed by atoms with Crippen molar-refractivity contribution in [3.05, 3.63) is 0 Å². The summed E-state index contributed by atoms with van der Waals surface area (Å²) >= 11 is 0. The van der Waals surface area contributed by atoms with Gasteiger partial charge in [0.25, 0.3) is 5.97 Å². The Balaban J connectivity index is 1.23. The molecule has 0 unspecified atom stereocenters. The fourth-order valence-electron chi connectivity index (χ4n) is 5.13. The van der Waals surface area contributed by atoms with Crippen LogP contribution in [0.3, 0.4) is 0 Å². The van der Waals surface area contributed by atoms with E-state index in [9.17, 15) is 9.59 Å². The van der Waals surface area contributed by atoms with Crippen LogP contribution >= 0.6 is 0 Å². The second kappa shape index (κ2) is 9.65. The molecule has 3 aliphatic rings. The van der Waals surface area contributed by atoms with E-state index in [0.717, 1.165) is 38.5 Å². The summed E-state index contributed by atoms with van der Waals surface area (Å²) < 4.78 is 26.6. The standard InChI is InChI=1S/C21H34O7/c1-24-21(25-2,26-3)12-10-8-6-4-5-7-9-11-14-13-15-16-17(18(14)27-15)20(23)28-19(16)22/h14-18H,4-13H2,1-3H3/t14-,15+,16-,17-,18+/m0/s1. The van der Waals surface area contributed by atoms with Gasteiger partial charge < -0.3 is 23.7 Å². The van der Waals surface area contributed by atoms with Gasteiger partial charge in [-0.25, -0.2) is 0 Å². The van der Waals surface area contributed by atoms with Gasteiger partial charge in [-0.05, 0) is 25.2 Å². The molecule has 2 bridgehead atoms. The summed E-state index contributed by atoms with van der Waals surface area (Å²) in [4.78, 5) is 23.6. The smallest absolute Gasteiger partial charge is 0.320 e. The third-order valence-electron chi connectivity index (χ3n) is 6.71. The highest BCUT2D eigenvalue weighted by Crippen LogP contribution is 2.51. The lowest BCUT2D eigenvalue weighted by atomic mass is 9.74. The van der Waals surface area contributed by atoms with Crippen LogP contribution in [-0.4, -0.2) is 51.4 Å². The SMILES string of the molecule is COC(CCCCCCCCC[C@H]1C[C@H]2O[C@H]1[C@H]1C(=O)OC(=O)[C@H]12)(OC)OC. The maximum absolute atomic E-state index is 11.9. The fraction of sp³-hybridized carbons (Fsp3) is 0.905. The maximum atomic E-state index is 11.9. The fourth-order valence-corrected chi connectivity index (χ4v) is 5.13. The number of fused-ring (bicyclic) bond motifs is 5. The lowest BCUT2D eigenvalue weighted by Gasteiger charge is -2.28. The third kappa shape index (κ3) is 4.42. The van der Waals surface area contributed by atoms with Crippen molar-refractivity contribution in [2.45, 2.75) is 82.4 Å². The van der Waals surface area contributed by atoms with Crippen molar-refractivity contribution in [3.8, 4) is 0 Å². The van der Waals surface area contributed by atoms with E-state index >= 15 is 0 Å². The summed E-state index contributed by atoms with van der Waals surface area (Å²) in [5.41, 5.74) is 0. The first-order chi connectivity index (χ1) is 13.5. The van der Waals surface area contributed by atoms with Crippen molar-refractivity contribution in [1.29, 1.82) is 0 Å². The highest BCUT2D eigenvalue weighted by Gasteiger charge is 2.64. The van der Waals surface area contributed by atoms with Crippen LogP contribution in [0.25, 0.3) is 0 Å². The summed E-state index contributed by atoms with van der Waals surface area (Å²) in [5, 5.41) is 0. The molecule has 160 valence electrons. The average Bonchev–Trinajstić information content (AvgIpc) is 3.36. The van der Waals surface area contributed by atoms with E-state index in [1.165, 1.54) is 25.7 Å². The molecule has 3 rings (SSSR count). The number of rotatable bonds is 13. The molecule has 0 saturated carbocycles. The number of hydrogen-bond donors (Lipinski definition) is 0. The summed E-state index contributed by atoms with van der Waals surface area (Å²) in [6.45, 7) is 0. The molecular weight excluding hydrogens is 364 g/mol. The molecule has 0 aromatic heterocycles. The Kier molecular flexibility index (Phi) is 7.48. The normalized spacial score (nSPS) is 31.5. The van der Waals surface area contributed by atoms with Gasteiger partial charge in [-0.3, -0.25) is 9.59 Å². The zero-order valence-corrected chi connectivity index (χ0v) is 17.3. The molecule has 3 aliphatic heterocycles. The van der Waals surface area contributed by atoms with Gasteiger partial charge >= 0.3 is 11.9 Å². The number of hydrogen-bond acceptors (Lipinski definition) is 7. The first-order valence-electron chi connectivity index (χ1n) is 10.6. The number of esters is 2. The highest BCUT2D eigenvalue weighted by atomic mass is 16.9. The van der Waals surface area contributed by atoms with Crippen LogP contribution in [0.15, 0.2) is 0 Å². The van der Waals surface area contributed by atoms with Gasteiger partial charge in [0.2, 0.25) is 0 Å². The molecular formula is C21H34O7. The van der Waals surface area contributed by atoms with Crippen LogP contribution in [0.4, 0.5) is 0 Å². The van der Waals surface area contributed by atoms with Crippen LogP contribution in [0.1, 0.15) is 64.2 Å². The van der Waals surface area contributed by atoms with Gasteiger partial charge in [-0.1, -0.05) is 38.5 Å². The Morgan fingerprint density at radius 1 is 0.857 bits per heavy atom. The van der Waals surface area contributed by atoms with Gasteiger partial charge in [-0.2, -0.15) is 0 Å². The number of ether oxygens (including phenoxy) is 5. The van der Waals surface area contributed by atoms with Gasteiger partial charge in [0.1, 0.15) is 0 Å². The topological polar surface area (TPSA) is 80.3 Å².